The summed E-state index contributed by atoms with van der Waals surface area (Å²) in [5.74, 6) is -0.518. The van der Waals surface area contributed by atoms with Crippen molar-refractivity contribution in [1.29, 1.82) is 0 Å². The van der Waals surface area contributed by atoms with Gasteiger partial charge in [-0.05, 0) is 37.1 Å². The third-order valence-electron chi connectivity index (χ3n) is 5.30. The van der Waals surface area contributed by atoms with Crippen molar-refractivity contribution in [2.24, 2.45) is 0 Å². The summed E-state index contributed by atoms with van der Waals surface area (Å²) in [5.41, 5.74) is 0.356. The van der Waals surface area contributed by atoms with Crippen LogP contribution in [0.1, 0.15) is 17.7 Å². The normalized spacial score (nSPS) is 11.7. The van der Waals surface area contributed by atoms with Crippen molar-refractivity contribution in [3.05, 3.63) is 74.7 Å². The van der Waals surface area contributed by atoms with Crippen molar-refractivity contribution in [3.63, 3.8) is 0 Å². The number of aryl methyl sites for hydroxylation is 1. The second-order valence-corrected chi connectivity index (χ2v) is 8.63. The maximum atomic E-state index is 13.5. The van der Waals surface area contributed by atoms with Gasteiger partial charge in [0.1, 0.15) is 11.5 Å². The molecule has 0 saturated carbocycles. The first-order chi connectivity index (χ1) is 17.6. The standard InChI is InChI=1S/C23H21F3IN5O5/c1-14-6-7-15(11-28-14)12-31-18-19(32(13-27)22(35)30(20(18)34)8-3-9-33)29-21(31)36-16-4-2-5-17(10-16)37-23(24,25)26/h2,4-7,10-11,33H,3,8-9,12-13H2,1H3. The largest absolute Gasteiger partial charge is 0.573 e. The molecule has 0 aliphatic rings. The fraction of sp³-hybridized carbons (Fsp3) is 0.304. The number of imidazole rings is 1. The first-order valence-electron chi connectivity index (χ1n) is 11.0. The van der Waals surface area contributed by atoms with Crippen LogP contribution in [-0.2, 0) is 17.6 Å². The zero-order valence-corrected chi connectivity index (χ0v) is 21.6. The number of benzene rings is 1. The van der Waals surface area contributed by atoms with Gasteiger partial charge in [0.2, 0.25) is 0 Å². The van der Waals surface area contributed by atoms with Gasteiger partial charge in [0, 0.05) is 31.1 Å². The molecule has 10 nitrogen and oxygen atoms in total. The highest BCUT2D eigenvalue weighted by Gasteiger charge is 2.31. The molecule has 196 valence electrons. The van der Waals surface area contributed by atoms with E-state index in [1.807, 2.05) is 29.5 Å². The molecule has 0 fully saturated rings. The number of hydrogen-bond acceptors (Lipinski definition) is 7. The molecule has 0 saturated heterocycles. The molecule has 0 bridgehead atoms. The predicted molar refractivity (Wildman–Crippen MR) is 135 cm³/mol. The number of aromatic nitrogens is 5. The third-order valence-corrected chi connectivity index (χ3v) is 5.98. The van der Waals surface area contributed by atoms with Crippen LogP contribution in [0.15, 0.2) is 52.2 Å². The number of hydrogen-bond donors (Lipinski definition) is 1. The van der Waals surface area contributed by atoms with Crippen molar-refractivity contribution in [1.82, 2.24) is 23.7 Å². The van der Waals surface area contributed by atoms with E-state index in [4.69, 9.17) is 4.74 Å². The van der Waals surface area contributed by atoms with Crippen LogP contribution in [0.25, 0.3) is 11.2 Å². The van der Waals surface area contributed by atoms with Gasteiger partial charge in [-0.25, -0.2) is 4.79 Å². The Morgan fingerprint density at radius 1 is 1.08 bits per heavy atom. The third kappa shape index (κ3) is 5.95. The molecule has 3 heterocycles. The molecule has 0 spiro atoms. The van der Waals surface area contributed by atoms with Crippen LogP contribution in [0.5, 0.6) is 17.5 Å². The monoisotopic (exact) mass is 631 g/mol. The molecule has 1 N–H and O–H groups in total. The lowest BCUT2D eigenvalue weighted by atomic mass is 10.2. The second-order valence-electron chi connectivity index (χ2n) is 7.95. The second kappa shape index (κ2) is 10.9. The maximum absolute atomic E-state index is 13.5. The first-order valence-corrected chi connectivity index (χ1v) is 12.5. The highest BCUT2D eigenvalue weighted by Crippen LogP contribution is 2.30. The van der Waals surface area contributed by atoms with Crippen LogP contribution in [0.3, 0.4) is 0 Å². The van der Waals surface area contributed by atoms with Gasteiger partial charge in [0.15, 0.2) is 11.2 Å². The van der Waals surface area contributed by atoms with E-state index < -0.39 is 23.4 Å². The van der Waals surface area contributed by atoms with Crippen molar-refractivity contribution in [2.75, 3.05) is 6.61 Å². The van der Waals surface area contributed by atoms with Crippen molar-refractivity contribution in [2.45, 2.75) is 37.3 Å². The van der Waals surface area contributed by atoms with E-state index in [-0.39, 0.29) is 53.6 Å². The van der Waals surface area contributed by atoms with Crippen LogP contribution in [0.4, 0.5) is 13.2 Å². The molecule has 4 rings (SSSR count). The summed E-state index contributed by atoms with van der Waals surface area (Å²) in [6.45, 7) is 1.67. The predicted octanol–water partition coefficient (Wildman–Crippen LogP) is 3.58. The number of rotatable bonds is 9. The molecular formula is C23H21F3IN5O5. The van der Waals surface area contributed by atoms with E-state index in [1.165, 1.54) is 21.3 Å². The topological polar surface area (TPSA) is 113 Å². The number of aliphatic hydroxyl groups is 1. The summed E-state index contributed by atoms with van der Waals surface area (Å²) in [7, 11) is 0. The maximum Gasteiger partial charge on any atom is 0.573 e. The van der Waals surface area contributed by atoms with Gasteiger partial charge < -0.3 is 14.6 Å². The van der Waals surface area contributed by atoms with Crippen LogP contribution in [0.2, 0.25) is 0 Å². The molecular weight excluding hydrogens is 610 g/mol. The molecule has 3 aromatic heterocycles. The number of pyridine rings is 1. The first kappa shape index (κ1) is 26.7. The molecule has 4 aromatic rings. The Morgan fingerprint density at radius 2 is 1.84 bits per heavy atom. The Labute approximate surface area is 221 Å². The Bertz CT molecular complexity index is 1530. The van der Waals surface area contributed by atoms with Gasteiger partial charge in [-0.1, -0.05) is 34.7 Å². The smallest absolute Gasteiger partial charge is 0.425 e. The summed E-state index contributed by atoms with van der Waals surface area (Å²) < 4.78 is 51.8. The number of halogens is 4. The number of aliphatic hydroxyl groups excluding tert-OH is 1. The molecule has 0 amide bonds. The van der Waals surface area contributed by atoms with E-state index in [0.717, 1.165) is 22.4 Å². The highest BCUT2D eigenvalue weighted by atomic mass is 127. The Morgan fingerprint density at radius 3 is 2.49 bits per heavy atom. The van der Waals surface area contributed by atoms with Crippen LogP contribution >= 0.6 is 22.6 Å². The highest BCUT2D eigenvalue weighted by molar-refractivity contribution is 14.1. The minimum atomic E-state index is -4.89. The number of ether oxygens (including phenoxy) is 2. The van der Waals surface area contributed by atoms with E-state index >= 15 is 0 Å². The Balaban J connectivity index is 1.90. The quantitative estimate of drug-likeness (QED) is 0.222. The summed E-state index contributed by atoms with van der Waals surface area (Å²) in [5, 5.41) is 9.23. The SMILES string of the molecule is Cc1ccc(Cn2c(Oc3cccc(OC(F)(F)F)c3)nc3c2c(=O)n(CCCO)c(=O)n3CI)cn1. The van der Waals surface area contributed by atoms with Crippen LogP contribution in [0, 0.1) is 6.92 Å². The van der Waals surface area contributed by atoms with Crippen LogP contribution < -0.4 is 20.7 Å². The summed E-state index contributed by atoms with van der Waals surface area (Å²) >= 11 is 1.96. The fourth-order valence-corrected chi connectivity index (χ4v) is 4.26. The van der Waals surface area contributed by atoms with Gasteiger partial charge in [-0.15, -0.1) is 13.2 Å². The summed E-state index contributed by atoms with van der Waals surface area (Å²) in [6, 6.07) is 8.35. The average molecular weight is 631 g/mol. The molecule has 14 heteroatoms. The molecule has 0 atom stereocenters. The van der Waals surface area contributed by atoms with Crippen LogP contribution in [-0.4, -0.2) is 41.7 Å². The molecule has 0 radical (unpaired) electrons. The number of alkyl halides is 4. The molecule has 1 aromatic carbocycles. The van der Waals surface area contributed by atoms with Gasteiger partial charge in [-0.2, -0.15) is 4.98 Å². The van der Waals surface area contributed by atoms with Gasteiger partial charge in [0.25, 0.3) is 5.56 Å². The molecule has 37 heavy (non-hydrogen) atoms. The lowest BCUT2D eigenvalue weighted by molar-refractivity contribution is -0.274. The Kier molecular flexibility index (Phi) is 7.87. The lowest BCUT2D eigenvalue weighted by Gasteiger charge is -2.13. The van der Waals surface area contributed by atoms with E-state index in [2.05, 4.69) is 14.7 Å². The minimum absolute atomic E-state index is 0.00890. The average Bonchev–Trinajstić information content (AvgIpc) is 3.17. The fourth-order valence-electron chi connectivity index (χ4n) is 3.64. The van der Waals surface area contributed by atoms with Gasteiger partial charge >= 0.3 is 18.1 Å². The summed E-state index contributed by atoms with van der Waals surface area (Å²) in [6.07, 6.45) is -3.09. The van der Waals surface area contributed by atoms with Crippen molar-refractivity contribution in [3.8, 4) is 17.5 Å². The van der Waals surface area contributed by atoms with E-state index in [9.17, 15) is 27.9 Å². The zero-order chi connectivity index (χ0) is 26.7. The van der Waals surface area contributed by atoms with Crippen molar-refractivity contribution >= 4 is 33.8 Å². The zero-order valence-electron chi connectivity index (χ0n) is 19.4. The lowest BCUT2D eigenvalue weighted by Crippen LogP contribution is -2.40. The summed E-state index contributed by atoms with van der Waals surface area (Å²) in [4.78, 5) is 35.1. The van der Waals surface area contributed by atoms with Gasteiger partial charge in [-0.3, -0.25) is 23.5 Å². The number of fused-ring (bicyclic) bond motifs is 1. The number of nitrogens with zero attached hydrogens (tertiary/aromatic N) is 5. The molecule has 0 unspecified atom stereocenters. The molecule has 0 aliphatic heterocycles. The van der Waals surface area contributed by atoms with E-state index in [0.29, 0.717) is 5.56 Å². The minimum Gasteiger partial charge on any atom is -0.425 e. The van der Waals surface area contributed by atoms with E-state index in [1.54, 1.807) is 18.3 Å². The Hall–Kier alpha value is -3.40. The van der Waals surface area contributed by atoms with Gasteiger partial charge in [0.05, 0.1) is 11.1 Å². The molecule has 0 aliphatic carbocycles. The van der Waals surface area contributed by atoms with Crippen molar-refractivity contribution < 1.29 is 27.8 Å².